The van der Waals surface area contributed by atoms with Gasteiger partial charge < -0.3 is 4.74 Å². The third-order valence-electron chi connectivity index (χ3n) is 2.09. The number of ether oxygens (including phenoxy) is 1. The van der Waals surface area contributed by atoms with Crippen molar-refractivity contribution >= 4 is 23.3 Å². The van der Waals surface area contributed by atoms with Crippen LogP contribution in [0.2, 0.25) is 5.02 Å². The third-order valence-corrected chi connectivity index (χ3v) is 2.42. The van der Waals surface area contributed by atoms with E-state index >= 15 is 0 Å². The molecule has 0 aliphatic carbocycles. The van der Waals surface area contributed by atoms with E-state index in [0.717, 1.165) is 6.08 Å². The number of nitrogens with zero attached hydrogens (tertiary/aromatic N) is 1. The van der Waals surface area contributed by atoms with Gasteiger partial charge in [-0.05, 0) is 13.0 Å². The molecule has 1 unspecified atom stereocenters. The van der Waals surface area contributed by atoms with Gasteiger partial charge in [0.2, 0.25) is 0 Å². The third kappa shape index (κ3) is 3.04. The summed E-state index contributed by atoms with van der Waals surface area (Å²) in [6, 6.07) is 4.27. The summed E-state index contributed by atoms with van der Waals surface area (Å²) in [5.74, 6) is -0.660. The molecule has 0 bridgehead atoms. The molecule has 0 fully saturated rings. The zero-order chi connectivity index (χ0) is 13.0. The van der Waals surface area contributed by atoms with Crippen LogP contribution in [0.25, 0.3) is 0 Å². The first-order valence-corrected chi connectivity index (χ1v) is 5.11. The van der Waals surface area contributed by atoms with E-state index in [1.807, 2.05) is 0 Å². The highest BCUT2D eigenvalue weighted by Crippen LogP contribution is 2.33. The minimum atomic E-state index is -0.811. The second kappa shape index (κ2) is 5.45. The summed E-state index contributed by atoms with van der Waals surface area (Å²) in [6.45, 7) is 4.76. The molecule has 0 radical (unpaired) electrons. The van der Waals surface area contributed by atoms with Crippen molar-refractivity contribution in [3.63, 3.8) is 0 Å². The number of rotatable bonds is 4. The molecule has 0 saturated carbocycles. The molecule has 6 heteroatoms. The van der Waals surface area contributed by atoms with Gasteiger partial charge in [0.1, 0.15) is 6.10 Å². The fourth-order valence-electron chi connectivity index (χ4n) is 1.37. The number of hydrogen-bond acceptors (Lipinski definition) is 4. The van der Waals surface area contributed by atoms with Gasteiger partial charge in [-0.2, -0.15) is 0 Å². The number of carbonyl (C=O) groups excluding carboxylic acids is 1. The Hall–Kier alpha value is -1.88. The molecule has 0 saturated heterocycles. The molecule has 0 aromatic heterocycles. The molecular weight excluding hydrogens is 246 g/mol. The minimum Gasteiger partial charge on any atom is -0.454 e. The van der Waals surface area contributed by atoms with Crippen LogP contribution in [-0.2, 0) is 9.53 Å². The zero-order valence-corrected chi connectivity index (χ0v) is 9.81. The first-order valence-electron chi connectivity index (χ1n) is 4.73. The zero-order valence-electron chi connectivity index (χ0n) is 9.05. The van der Waals surface area contributed by atoms with E-state index < -0.39 is 17.0 Å². The maximum absolute atomic E-state index is 11.0. The Kier molecular flexibility index (Phi) is 4.23. The highest BCUT2D eigenvalue weighted by Gasteiger charge is 2.24. The van der Waals surface area contributed by atoms with E-state index in [0.29, 0.717) is 0 Å². The normalized spacial score (nSPS) is 11.6. The first kappa shape index (κ1) is 13.2. The summed E-state index contributed by atoms with van der Waals surface area (Å²) in [6.07, 6.45) is 0.175. The van der Waals surface area contributed by atoms with E-state index in [9.17, 15) is 14.9 Å². The molecule has 1 aromatic rings. The van der Waals surface area contributed by atoms with Crippen LogP contribution >= 0.6 is 11.6 Å². The molecule has 0 aliphatic rings. The fraction of sp³-hybridized carbons (Fsp3) is 0.182. The molecule has 5 nitrogen and oxygen atoms in total. The van der Waals surface area contributed by atoms with Gasteiger partial charge in [0, 0.05) is 12.1 Å². The fourth-order valence-corrected chi connectivity index (χ4v) is 1.69. The van der Waals surface area contributed by atoms with Crippen molar-refractivity contribution in [2.45, 2.75) is 13.0 Å². The second-order valence-corrected chi connectivity index (χ2v) is 3.62. The van der Waals surface area contributed by atoms with Crippen LogP contribution in [0.15, 0.2) is 30.9 Å². The van der Waals surface area contributed by atoms with Crippen molar-refractivity contribution in [3.05, 3.63) is 51.6 Å². The van der Waals surface area contributed by atoms with Crippen LogP contribution in [0.3, 0.4) is 0 Å². The molecule has 1 atom stereocenters. The Morgan fingerprint density at radius 3 is 2.82 bits per heavy atom. The Bertz CT molecular complexity index is 473. The predicted molar refractivity (Wildman–Crippen MR) is 62.8 cm³/mol. The van der Waals surface area contributed by atoms with Gasteiger partial charge in [-0.15, -0.1) is 0 Å². The summed E-state index contributed by atoms with van der Waals surface area (Å²) in [4.78, 5) is 21.3. The van der Waals surface area contributed by atoms with E-state index in [1.54, 1.807) is 0 Å². The summed E-state index contributed by atoms with van der Waals surface area (Å²) >= 11 is 5.87. The Morgan fingerprint density at radius 2 is 2.29 bits per heavy atom. The van der Waals surface area contributed by atoms with Crippen molar-refractivity contribution in [1.82, 2.24) is 0 Å². The van der Waals surface area contributed by atoms with Gasteiger partial charge in [-0.25, -0.2) is 4.79 Å². The van der Waals surface area contributed by atoms with E-state index in [2.05, 4.69) is 6.58 Å². The number of nitro groups is 1. The first-order chi connectivity index (χ1) is 7.97. The molecule has 90 valence electrons. The van der Waals surface area contributed by atoms with Crippen LogP contribution in [0.4, 0.5) is 5.69 Å². The number of carbonyl (C=O) groups is 1. The highest BCUT2D eigenvalue weighted by molar-refractivity contribution is 6.31. The van der Waals surface area contributed by atoms with Gasteiger partial charge in [0.15, 0.2) is 0 Å². The molecule has 0 aliphatic heterocycles. The second-order valence-electron chi connectivity index (χ2n) is 3.21. The minimum absolute atomic E-state index is 0.175. The highest BCUT2D eigenvalue weighted by atomic mass is 35.5. The summed E-state index contributed by atoms with van der Waals surface area (Å²) in [5, 5.41) is 11.0. The molecule has 1 rings (SSSR count). The lowest BCUT2D eigenvalue weighted by atomic mass is 10.1. The van der Waals surface area contributed by atoms with Crippen LogP contribution in [0.1, 0.15) is 18.6 Å². The number of esters is 1. The number of benzene rings is 1. The van der Waals surface area contributed by atoms with Crippen molar-refractivity contribution in [3.8, 4) is 0 Å². The SMILES string of the molecule is C=CC(=O)OC(C)c1c(Cl)cccc1[N+](=O)[O-]. The topological polar surface area (TPSA) is 69.4 Å². The summed E-state index contributed by atoms with van der Waals surface area (Å²) < 4.78 is 4.91. The number of nitro benzene ring substituents is 1. The molecule has 1 aromatic carbocycles. The largest absolute Gasteiger partial charge is 0.454 e. The van der Waals surface area contributed by atoms with E-state index in [1.165, 1.54) is 25.1 Å². The number of halogens is 1. The standard InChI is InChI=1S/C11H10ClNO4/c1-3-10(14)17-7(2)11-8(12)5-4-6-9(11)13(15)16/h3-7H,1H2,2H3. The molecule has 17 heavy (non-hydrogen) atoms. The van der Waals surface area contributed by atoms with Gasteiger partial charge >= 0.3 is 5.97 Å². The average molecular weight is 256 g/mol. The quantitative estimate of drug-likeness (QED) is 0.359. The Balaban J connectivity index is 3.15. The van der Waals surface area contributed by atoms with Gasteiger partial charge in [0.25, 0.3) is 5.69 Å². The summed E-state index contributed by atoms with van der Waals surface area (Å²) in [5.41, 5.74) is -0.00349. The van der Waals surface area contributed by atoms with Crippen LogP contribution in [-0.4, -0.2) is 10.9 Å². The monoisotopic (exact) mass is 255 g/mol. The lowest BCUT2D eigenvalue weighted by molar-refractivity contribution is -0.386. The Morgan fingerprint density at radius 1 is 1.65 bits per heavy atom. The molecule has 0 heterocycles. The van der Waals surface area contributed by atoms with Crippen LogP contribution in [0, 0.1) is 10.1 Å². The van der Waals surface area contributed by atoms with Gasteiger partial charge in [-0.3, -0.25) is 10.1 Å². The molecular formula is C11H10ClNO4. The molecule has 0 spiro atoms. The Labute approximate surface area is 103 Å². The maximum atomic E-state index is 11.0. The predicted octanol–water partition coefficient (Wildman–Crippen LogP) is 3.04. The average Bonchev–Trinajstić information content (AvgIpc) is 2.28. The van der Waals surface area contributed by atoms with Gasteiger partial charge in [0.05, 0.1) is 15.5 Å². The lowest BCUT2D eigenvalue weighted by Gasteiger charge is -2.13. The molecule has 0 N–H and O–H groups in total. The summed E-state index contributed by atoms with van der Waals surface area (Å²) in [7, 11) is 0. The van der Waals surface area contributed by atoms with Crippen molar-refractivity contribution in [2.75, 3.05) is 0 Å². The molecule has 0 amide bonds. The van der Waals surface area contributed by atoms with E-state index in [4.69, 9.17) is 16.3 Å². The van der Waals surface area contributed by atoms with Crippen LogP contribution in [0.5, 0.6) is 0 Å². The smallest absolute Gasteiger partial charge is 0.330 e. The van der Waals surface area contributed by atoms with E-state index in [-0.39, 0.29) is 16.3 Å². The van der Waals surface area contributed by atoms with Gasteiger partial charge in [-0.1, -0.05) is 24.2 Å². The van der Waals surface area contributed by atoms with Crippen molar-refractivity contribution in [2.24, 2.45) is 0 Å². The number of hydrogen-bond donors (Lipinski definition) is 0. The van der Waals surface area contributed by atoms with Crippen LogP contribution < -0.4 is 0 Å². The maximum Gasteiger partial charge on any atom is 0.330 e. The lowest BCUT2D eigenvalue weighted by Crippen LogP contribution is -2.08. The van der Waals surface area contributed by atoms with Crippen molar-refractivity contribution < 1.29 is 14.5 Å². The van der Waals surface area contributed by atoms with Crippen molar-refractivity contribution in [1.29, 1.82) is 0 Å².